The molecule has 2 fully saturated rings. The van der Waals surface area contributed by atoms with Gasteiger partial charge in [-0.2, -0.15) is 0 Å². The molecule has 29 heavy (non-hydrogen) atoms. The molecule has 2 aliphatic heterocycles. The minimum Gasteiger partial charge on any atom is -0.378 e. The summed E-state index contributed by atoms with van der Waals surface area (Å²) >= 11 is 1.89. The Bertz CT molecular complexity index is 864. The molecule has 6 heteroatoms. The fraction of sp³-hybridized carbons (Fsp3) is 0.609. The Labute approximate surface area is 175 Å². The van der Waals surface area contributed by atoms with Gasteiger partial charge in [0.2, 0.25) is 0 Å². The minimum atomic E-state index is -0.235. The fourth-order valence-corrected chi connectivity index (χ4v) is 6.53. The SMILES string of the molecule is Fc1ccnc([C@]2(CCNCc3scc4c3CCC4)CCO[C@]3(CCOC3)C2)c1. The Balaban J connectivity index is 1.30. The van der Waals surface area contributed by atoms with Crippen LogP contribution in [0.1, 0.15) is 53.8 Å². The summed E-state index contributed by atoms with van der Waals surface area (Å²) in [5, 5.41) is 6.00. The normalized spacial score (nSPS) is 28.9. The van der Waals surface area contributed by atoms with E-state index in [1.54, 1.807) is 23.4 Å². The standard InChI is InChI=1S/C23H29FN2O2S/c24-18-4-8-26-21(12-18)22(6-11-28-23(15-22)7-10-27-16-23)5-9-25-13-20-19-3-1-2-17(19)14-29-20/h4,8,12,14,25H,1-3,5-7,9-11,13,15-16H2/t22-,23-/m1/s1. The van der Waals surface area contributed by atoms with E-state index in [2.05, 4.69) is 15.7 Å². The molecule has 0 bridgehead atoms. The molecule has 2 aromatic heterocycles. The number of ether oxygens (including phenoxy) is 2. The lowest BCUT2D eigenvalue weighted by Crippen LogP contribution is -2.49. The molecule has 156 valence electrons. The number of halogens is 1. The molecule has 5 rings (SSSR count). The van der Waals surface area contributed by atoms with Crippen molar-refractivity contribution >= 4 is 11.3 Å². The summed E-state index contributed by atoms with van der Waals surface area (Å²) in [6.45, 7) is 3.88. The van der Waals surface area contributed by atoms with E-state index in [-0.39, 0.29) is 16.8 Å². The van der Waals surface area contributed by atoms with E-state index in [4.69, 9.17) is 9.47 Å². The summed E-state index contributed by atoms with van der Waals surface area (Å²) in [4.78, 5) is 6.09. The van der Waals surface area contributed by atoms with E-state index >= 15 is 0 Å². The number of thiophene rings is 1. The number of pyridine rings is 1. The van der Waals surface area contributed by atoms with Crippen LogP contribution >= 0.6 is 11.3 Å². The third-order valence-corrected chi connectivity index (χ3v) is 8.07. The van der Waals surface area contributed by atoms with Crippen molar-refractivity contribution in [1.29, 1.82) is 0 Å². The lowest BCUT2D eigenvalue weighted by atomic mass is 9.68. The lowest BCUT2D eigenvalue weighted by Gasteiger charge is -2.45. The number of aromatic nitrogens is 1. The first-order chi connectivity index (χ1) is 14.2. The van der Waals surface area contributed by atoms with Crippen molar-refractivity contribution in [3.05, 3.63) is 51.2 Å². The number of rotatable bonds is 6. The van der Waals surface area contributed by atoms with Crippen molar-refractivity contribution in [3.63, 3.8) is 0 Å². The van der Waals surface area contributed by atoms with Gasteiger partial charge in [-0.1, -0.05) is 0 Å². The van der Waals surface area contributed by atoms with Crippen LogP contribution < -0.4 is 5.32 Å². The third-order valence-electron chi connectivity index (χ3n) is 6.99. The molecule has 4 heterocycles. The highest BCUT2D eigenvalue weighted by molar-refractivity contribution is 7.10. The summed E-state index contributed by atoms with van der Waals surface area (Å²) in [6, 6.07) is 3.06. The molecule has 1 aliphatic carbocycles. The average Bonchev–Trinajstić information content (AvgIpc) is 3.44. The van der Waals surface area contributed by atoms with E-state index in [1.165, 1.54) is 30.2 Å². The van der Waals surface area contributed by atoms with Gasteiger partial charge in [0.05, 0.1) is 12.2 Å². The minimum absolute atomic E-state index is 0.168. The Hall–Kier alpha value is -1.34. The van der Waals surface area contributed by atoms with Crippen molar-refractivity contribution in [2.24, 2.45) is 0 Å². The Morgan fingerprint density at radius 3 is 3.07 bits per heavy atom. The molecule has 2 aromatic rings. The lowest BCUT2D eigenvalue weighted by molar-refractivity contribution is -0.109. The zero-order chi connectivity index (χ0) is 19.7. The van der Waals surface area contributed by atoms with Gasteiger partial charge in [0.15, 0.2) is 0 Å². The van der Waals surface area contributed by atoms with Crippen molar-refractivity contribution in [3.8, 4) is 0 Å². The smallest absolute Gasteiger partial charge is 0.126 e. The second-order valence-electron chi connectivity index (χ2n) is 8.84. The van der Waals surface area contributed by atoms with Gasteiger partial charge in [-0.05, 0) is 73.7 Å². The molecular formula is C23H29FN2O2S. The molecule has 0 aromatic carbocycles. The largest absolute Gasteiger partial charge is 0.378 e. The Morgan fingerprint density at radius 2 is 2.21 bits per heavy atom. The summed E-state index contributed by atoms with van der Waals surface area (Å²) in [6.07, 6.45) is 8.94. The number of hydrogen-bond acceptors (Lipinski definition) is 5. The molecular weight excluding hydrogens is 387 g/mol. The van der Waals surface area contributed by atoms with Crippen LogP contribution in [0, 0.1) is 5.82 Å². The fourth-order valence-electron chi connectivity index (χ4n) is 5.42. The highest BCUT2D eigenvalue weighted by Crippen LogP contribution is 2.46. The Morgan fingerprint density at radius 1 is 1.24 bits per heavy atom. The monoisotopic (exact) mass is 416 g/mol. The van der Waals surface area contributed by atoms with Gasteiger partial charge in [-0.3, -0.25) is 4.98 Å². The van der Waals surface area contributed by atoms with E-state index in [0.29, 0.717) is 13.2 Å². The number of aryl methyl sites for hydroxylation is 1. The van der Waals surface area contributed by atoms with E-state index in [0.717, 1.165) is 51.1 Å². The number of fused-ring (bicyclic) bond motifs is 1. The predicted octanol–water partition coefficient (Wildman–Crippen LogP) is 4.16. The summed E-state index contributed by atoms with van der Waals surface area (Å²) in [5.41, 5.74) is 3.60. The van der Waals surface area contributed by atoms with Crippen molar-refractivity contribution in [2.75, 3.05) is 26.4 Å². The summed E-state index contributed by atoms with van der Waals surface area (Å²) in [5.74, 6) is -0.209. The van der Waals surface area contributed by atoms with Gasteiger partial charge in [0.1, 0.15) is 5.82 Å². The van der Waals surface area contributed by atoms with E-state index in [1.807, 2.05) is 11.3 Å². The van der Waals surface area contributed by atoms with Crippen LogP contribution in [0.25, 0.3) is 0 Å². The highest BCUT2D eigenvalue weighted by Gasteiger charge is 2.49. The van der Waals surface area contributed by atoms with Crippen LogP contribution in [-0.4, -0.2) is 37.0 Å². The molecule has 0 amide bonds. The van der Waals surface area contributed by atoms with Crippen LogP contribution in [-0.2, 0) is 34.3 Å². The number of nitrogens with zero attached hydrogens (tertiary/aromatic N) is 1. The Kier molecular flexibility index (Phi) is 5.45. The number of nitrogens with one attached hydrogen (secondary N) is 1. The quantitative estimate of drug-likeness (QED) is 0.718. The van der Waals surface area contributed by atoms with Crippen molar-refractivity contribution < 1.29 is 13.9 Å². The average molecular weight is 417 g/mol. The molecule has 2 saturated heterocycles. The zero-order valence-corrected chi connectivity index (χ0v) is 17.7. The van der Waals surface area contributed by atoms with Crippen LogP contribution in [0.3, 0.4) is 0 Å². The molecule has 1 N–H and O–H groups in total. The maximum atomic E-state index is 14.1. The highest BCUT2D eigenvalue weighted by atomic mass is 32.1. The van der Waals surface area contributed by atoms with Crippen molar-refractivity contribution in [2.45, 2.75) is 62.5 Å². The maximum Gasteiger partial charge on any atom is 0.126 e. The van der Waals surface area contributed by atoms with Gasteiger partial charge >= 0.3 is 0 Å². The van der Waals surface area contributed by atoms with Gasteiger partial charge in [-0.25, -0.2) is 4.39 Å². The van der Waals surface area contributed by atoms with Crippen molar-refractivity contribution in [1.82, 2.24) is 10.3 Å². The molecule has 0 saturated carbocycles. The molecule has 2 atom stereocenters. The first-order valence-corrected chi connectivity index (χ1v) is 11.7. The maximum absolute atomic E-state index is 14.1. The van der Waals surface area contributed by atoms with Crippen LogP contribution in [0.2, 0.25) is 0 Å². The van der Waals surface area contributed by atoms with Gasteiger partial charge in [0.25, 0.3) is 0 Å². The van der Waals surface area contributed by atoms with Gasteiger partial charge in [0, 0.05) is 48.4 Å². The molecule has 0 unspecified atom stereocenters. The second kappa shape index (κ2) is 8.06. The van der Waals surface area contributed by atoms with Gasteiger partial charge in [-0.15, -0.1) is 11.3 Å². The molecule has 0 radical (unpaired) electrons. The number of hydrogen-bond donors (Lipinski definition) is 1. The van der Waals surface area contributed by atoms with Crippen LogP contribution in [0.15, 0.2) is 23.7 Å². The van der Waals surface area contributed by atoms with E-state index < -0.39 is 0 Å². The summed E-state index contributed by atoms with van der Waals surface area (Å²) < 4.78 is 25.9. The first kappa shape index (κ1) is 19.6. The third kappa shape index (κ3) is 3.88. The van der Waals surface area contributed by atoms with E-state index in [9.17, 15) is 4.39 Å². The zero-order valence-electron chi connectivity index (χ0n) is 16.8. The topological polar surface area (TPSA) is 43.4 Å². The second-order valence-corrected chi connectivity index (χ2v) is 9.81. The first-order valence-electron chi connectivity index (χ1n) is 10.8. The molecule has 1 spiro atoms. The van der Waals surface area contributed by atoms with Crippen LogP contribution in [0.4, 0.5) is 4.39 Å². The molecule has 3 aliphatic rings. The summed E-state index contributed by atoms with van der Waals surface area (Å²) in [7, 11) is 0. The predicted molar refractivity (Wildman–Crippen MR) is 112 cm³/mol. The van der Waals surface area contributed by atoms with Gasteiger partial charge < -0.3 is 14.8 Å². The van der Waals surface area contributed by atoms with Crippen LogP contribution in [0.5, 0.6) is 0 Å². The molecule has 4 nitrogen and oxygen atoms in total.